The average Bonchev–Trinajstić information content (AvgIpc) is 2.06. The summed E-state index contributed by atoms with van der Waals surface area (Å²) in [5, 5.41) is 0. The van der Waals surface area contributed by atoms with Crippen molar-refractivity contribution in [2.24, 2.45) is 17.4 Å². The molecule has 0 atom stereocenters. The van der Waals surface area contributed by atoms with Gasteiger partial charge in [-0.2, -0.15) is 0 Å². The maximum absolute atomic E-state index is 10.6. The van der Waals surface area contributed by atoms with E-state index in [1.807, 2.05) is 6.92 Å². The Morgan fingerprint density at radius 1 is 1.38 bits per heavy atom. The molecule has 0 aliphatic heterocycles. The van der Waals surface area contributed by atoms with E-state index >= 15 is 0 Å². The number of rotatable bonds is 1. The zero-order valence-corrected chi connectivity index (χ0v) is 8.33. The van der Waals surface area contributed by atoms with E-state index in [1.165, 1.54) is 0 Å². The quantitative estimate of drug-likeness (QED) is 0.601. The minimum atomic E-state index is -0.160. The van der Waals surface area contributed by atoms with Gasteiger partial charge in [-0.3, -0.25) is 4.79 Å². The molecule has 1 amide bonds. The van der Waals surface area contributed by atoms with Crippen LogP contribution in [-0.2, 0) is 4.79 Å². The summed E-state index contributed by atoms with van der Waals surface area (Å²) >= 11 is 0. The van der Waals surface area contributed by atoms with Gasteiger partial charge in [0.05, 0.1) is 0 Å². The minimum absolute atomic E-state index is 0.0970. The average molecular weight is 184 g/mol. The van der Waals surface area contributed by atoms with Gasteiger partial charge < -0.3 is 11.5 Å². The lowest BCUT2D eigenvalue weighted by Gasteiger charge is -2.23. The first-order valence-corrected chi connectivity index (χ1v) is 4.73. The summed E-state index contributed by atoms with van der Waals surface area (Å²) < 4.78 is 0. The zero-order valence-electron chi connectivity index (χ0n) is 8.33. The predicted molar refractivity (Wildman–Crippen MR) is 55.0 cm³/mol. The number of nitrogens with two attached hydrogens (primary N) is 2. The lowest BCUT2D eigenvalue weighted by atomic mass is 9.86. The van der Waals surface area contributed by atoms with Crippen LogP contribution in [0.2, 0.25) is 0 Å². The summed E-state index contributed by atoms with van der Waals surface area (Å²) in [6, 6.07) is 0.301. The third-order valence-electron chi connectivity index (χ3n) is 2.17. The van der Waals surface area contributed by atoms with Crippen molar-refractivity contribution in [3.05, 3.63) is 12.7 Å². The standard InChI is InChI=1S/C7H14N2O.C3H6/c8-6-3-1-5(2-4-6)7(9)10;1-3-2/h5-6H,1-4,8H2,(H2,9,10);3H,1H2,2H3. The Morgan fingerprint density at radius 2 is 1.77 bits per heavy atom. The van der Waals surface area contributed by atoms with E-state index in [0.717, 1.165) is 25.7 Å². The fourth-order valence-electron chi connectivity index (χ4n) is 1.40. The predicted octanol–water partition coefficient (Wildman–Crippen LogP) is 1.18. The fourth-order valence-corrected chi connectivity index (χ4v) is 1.40. The molecule has 0 aromatic carbocycles. The van der Waals surface area contributed by atoms with Crippen molar-refractivity contribution in [1.82, 2.24) is 0 Å². The highest BCUT2D eigenvalue weighted by Gasteiger charge is 2.21. The van der Waals surface area contributed by atoms with Gasteiger partial charge in [-0.1, -0.05) is 6.08 Å². The van der Waals surface area contributed by atoms with Gasteiger partial charge in [0.25, 0.3) is 0 Å². The summed E-state index contributed by atoms with van der Waals surface area (Å²) in [5.74, 6) is -0.0632. The van der Waals surface area contributed by atoms with E-state index in [9.17, 15) is 4.79 Å². The molecule has 0 aromatic rings. The molecule has 1 saturated carbocycles. The third kappa shape index (κ3) is 5.42. The van der Waals surface area contributed by atoms with Crippen LogP contribution < -0.4 is 11.5 Å². The third-order valence-corrected chi connectivity index (χ3v) is 2.17. The van der Waals surface area contributed by atoms with E-state index in [0.29, 0.717) is 6.04 Å². The summed E-state index contributed by atoms with van der Waals surface area (Å²) in [6.45, 7) is 5.25. The molecule has 1 fully saturated rings. The van der Waals surface area contributed by atoms with E-state index in [1.54, 1.807) is 6.08 Å². The Hall–Kier alpha value is -0.830. The SMILES string of the molecule is C=CC.NC(=O)C1CCC(N)CC1. The summed E-state index contributed by atoms with van der Waals surface area (Å²) in [4.78, 5) is 10.6. The highest BCUT2D eigenvalue weighted by Crippen LogP contribution is 2.22. The fraction of sp³-hybridized carbons (Fsp3) is 0.700. The van der Waals surface area contributed by atoms with Gasteiger partial charge in [0.2, 0.25) is 5.91 Å². The first-order valence-electron chi connectivity index (χ1n) is 4.73. The van der Waals surface area contributed by atoms with Crippen LogP contribution in [0.4, 0.5) is 0 Å². The molecule has 0 spiro atoms. The number of allylic oxidation sites excluding steroid dienone is 1. The molecule has 0 radical (unpaired) electrons. The summed E-state index contributed by atoms with van der Waals surface area (Å²) in [7, 11) is 0. The second-order valence-corrected chi connectivity index (χ2v) is 3.42. The molecule has 0 unspecified atom stereocenters. The van der Waals surface area contributed by atoms with Gasteiger partial charge in [0, 0.05) is 12.0 Å². The first-order chi connectivity index (χ1) is 6.11. The van der Waals surface area contributed by atoms with Crippen molar-refractivity contribution in [3.8, 4) is 0 Å². The van der Waals surface area contributed by atoms with Crippen molar-refractivity contribution >= 4 is 5.91 Å². The van der Waals surface area contributed by atoms with Gasteiger partial charge in [0.1, 0.15) is 0 Å². The number of hydrogen-bond acceptors (Lipinski definition) is 2. The Morgan fingerprint density at radius 3 is 2.08 bits per heavy atom. The van der Waals surface area contributed by atoms with Crippen molar-refractivity contribution in [3.63, 3.8) is 0 Å². The van der Waals surface area contributed by atoms with Crippen LogP contribution in [-0.4, -0.2) is 11.9 Å². The van der Waals surface area contributed by atoms with E-state index in [2.05, 4.69) is 6.58 Å². The lowest BCUT2D eigenvalue weighted by molar-refractivity contribution is -0.122. The van der Waals surface area contributed by atoms with Crippen molar-refractivity contribution in [1.29, 1.82) is 0 Å². The topological polar surface area (TPSA) is 69.1 Å². The van der Waals surface area contributed by atoms with Crippen molar-refractivity contribution in [2.45, 2.75) is 38.6 Å². The molecule has 1 aliphatic carbocycles. The van der Waals surface area contributed by atoms with Gasteiger partial charge in [-0.05, 0) is 32.6 Å². The molecule has 4 N–H and O–H groups in total. The van der Waals surface area contributed by atoms with Gasteiger partial charge >= 0.3 is 0 Å². The van der Waals surface area contributed by atoms with Crippen LogP contribution in [0.3, 0.4) is 0 Å². The smallest absolute Gasteiger partial charge is 0.220 e. The molecule has 3 nitrogen and oxygen atoms in total. The second kappa shape index (κ2) is 6.66. The van der Waals surface area contributed by atoms with Crippen molar-refractivity contribution in [2.75, 3.05) is 0 Å². The van der Waals surface area contributed by atoms with Gasteiger partial charge in [-0.15, -0.1) is 6.58 Å². The highest BCUT2D eigenvalue weighted by molar-refractivity contribution is 5.76. The summed E-state index contributed by atoms with van der Waals surface area (Å²) in [6.07, 6.45) is 5.42. The molecule has 0 saturated heterocycles. The maximum Gasteiger partial charge on any atom is 0.220 e. The van der Waals surface area contributed by atoms with Gasteiger partial charge in [-0.25, -0.2) is 0 Å². The van der Waals surface area contributed by atoms with E-state index in [4.69, 9.17) is 11.5 Å². The molecule has 3 heteroatoms. The molecule has 13 heavy (non-hydrogen) atoms. The lowest BCUT2D eigenvalue weighted by Crippen LogP contribution is -2.32. The van der Waals surface area contributed by atoms with Crippen LogP contribution in [0.15, 0.2) is 12.7 Å². The Bertz CT molecular complexity index is 160. The molecular formula is C10H20N2O. The normalized spacial score (nSPS) is 26.9. The van der Waals surface area contributed by atoms with Crippen LogP contribution in [0, 0.1) is 5.92 Å². The monoisotopic (exact) mass is 184 g/mol. The molecular weight excluding hydrogens is 164 g/mol. The number of carbonyl (C=O) groups is 1. The maximum atomic E-state index is 10.6. The zero-order chi connectivity index (χ0) is 10.3. The van der Waals surface area contributed by atoms with Crippen LogP contribution in [0.1, 0.15) is 32.6 Å². The Kier molecular flexibility index (Phi) is 6.24. The minimum Gasteiger partial charge on any atom is -0.369 e. The largest absolute Gasteiger partial charge is 0.369 e. The number of primary amides is 1. The Balaban J connectivity index is 0.000000424. The Labute approximate surface area is 80.2 Å². The van der Waals surface area contributed by atoms with Gasteiger partial charge in [0.15, 0.2) is 0 Å². The second-order valence-electron chi connectivity index (χ2n) is 3.42. The highest BCUT2D eigenvalue weighted by atomic mass is 16.1. The van der Waals surface area contributed by atoms with E-state index < -0.39 is 0 Å². The van der Waals surface area contributed by atoms with Crippen LogP contribution in [0.25, 0.3) is 0 Å². The van der Waals surface area contributed by atoms with Crippen LogP contribution >= 0.6 is 0 Å². The van der Waals surface area contributed by atoms with Crippen LogP contribution in [0.5, 0.6) is 0 Å². The molecule has 0 aromatic heterocycles. The molecule has 0 heterocycles. The molecule has 76 valence electrons. The molecule has 0 bridgehead atoms. The molecule has 1 aliphatic rings. The number of carbonyl (C=O) groups excluding carboxylic acids is 1. The first kappa shape index (κ1) is 12.2. The number of amides is 1. The van der Waals surface area contributed by atoms with E-state index in [-0.39, 0.29) is 11.8 Å². The molecule has 1 rings (SSSR count). The number of hydrogen-bond donors (Lipinski definition) is 2. The summed E-state index contributed by atoms with van der Waals surface area (Å²) in [5.41, 5.74) is 10.8. The van der Waals surface area contributed by atoms with Crippen molar-refractivity contribution < 1.29 is 4.79 Å².